The number of aliphatic hydroxyl groups is 1. The fourth-order valence-corrected chi connectivity index (χ4v) is 4.10. The molecule has 5 nitrogen and oxygen atoms in total. The molecule has 0 aliphatic carbocycles. The first-order valence-corrected chi connectivity index (χ1v) is 8.87. The van der Waals surface area contributed by atoms with Crippen LogP contribution in [0, 0.1) is 0 Å². The molecule has 0 saturated carbocycles. The summed E-state index contributed by atoms with van der Waals surface area (Å²) >= 11 is 0. The fourth-order valence-electron chi connectivity index (χ4n) is 2.28. The van der Waals surface area contributed by atoms with Crippen LogP contribution in [-0.4, -0.2) is 33.4 Å². The Hall–Kier alpha value is -1.81. The molecule has 2 aromatic rings. The van der Waals surface area contributed by atoms with Gasteiger partial charge < -0.3 is 19.3 Å². The van der Waals surface area contributed by atoms with Gasteiger partial charge in [-0.05, 0) is 42.0 Å². The summed E-state index contributed by atoms with van der Waals surface area (Å²) in [6.45, 7) is 0. The monoisotopic (exact) mass is 335 g/mol. The standard InChI is InChI=1S/C17H22NO4P/c1-18(2)14-7-11-16(12-8-14)23(20,22-4)17(19)13-5-9-15(21-3)10-6-13/h5-12,17,19H,1-4H3. The lowest BCUT2D eigenvalue weighted by atomic mass is 10.2. The predicted octanol–water partition coefficient (Wildman–Crippen LogP) is 3.00. The maximum absolute atomic E-state index is 13.2. The number of hydrogen-bond donors (Lipinski definition) is 1. The molecule has 0 aliphatic rings. The molecule has 23 heavy (non-hydrogen) atoms. The maximum Gasteiger partial charge on any atom is 0.263 e. The van der Waals surface area contributed by atoms with Crippen molar-refractivity contribution in [2.75, 3.05) is 33.2 Å². The predicted molar refractivity (Wildman–Crippen MR) is 93.0 cm³/mol. The molecular weight excluding hydrogens is 313 g/mol. The molecule has 0 aliphatic heterocycles. The second-order valence-electron chi connectivity index (χ2n) is 5.34. The van der Waals surface area contributed by atoms with Crippen LogP contribution in [0.1, 0.15) is 11.4 Å². The Morgan fingerprint density at radius 2 is 1.57 bits per heavy atom. The highest BCUT2D eigenvalue weighted by Crippen LogP contribution is 2.57. The summed E-state index contributed by atoms with van der Waals surface area (Å²) < 4.78 is 23.6. The molecule has 124 valence electrons. The van der Waals surface area contributed by atoms with Crippen molar-refractivity contribution in [2.45, 2.75) is 5.85 Å². The number of aliphatic hydroxyl groups excluding tert-OH is 1. The minimum atomic E-state index is -3.44. The maximum atomic E-state index is 13.2. The van der Waals surface area contributed by atoms with E-state index < -0.39 is 13.2 Å². The molecule has 0 heterocycles. The summed E-state index contributed by atoms with van der Waals surface area (Å²) in [5.41, 5.74) is 1.50. The summed E-state index contributed by atoms with van der Waals surface area (Å²) in [5, 5.41) is 11.1. The first-order chi connectivity index (χ1) is 10.9. The van der Waals surface area contributed by atoms with Gasteiger partial charge >= 0.3 is 0 Å². The smallest absolute Gasteiger partial charge is 0.263 e. The van der Waals surface area contributed by atoms with Crippen LogP contribution < -0.4 is 14.9 Å². The van der Waals surface area contributed by atoms with E-state index in [1.807, 2.05) is 31.1 Å². The highest BCUT2D eigenvalue weighted by Gasteiger charge is 2.35. The van der Waals surface area contributed by atoms with Crippen molar-refractivity contribution in [3.63, 3.8) is 0 Å². The summed E-state index contributed by atoms with van der Waals surface area (Å²) in [4.78, 5) is 1.95. The van der Waals surface area contributed by atoms with Crippen LogP contribution in [0.4, 0.5) is 5.69 Å². The van der Waals surface area contributed by atoms with Crippen LogP contribution in [0.25, 0.3) is 0 Å². The van der Waals surface area contributed by atoms with Crippen LogP contribution in [0.2, 0.25) is 0 Å². The number of anilines is 1. The van der Waals surface area contributed by atoms with Gasteiger partial charge in [0.2, 0.25) is 0 Å². The Morgan fingerprint density at radius 1 is 1.00 bits per heavy atom. The van der Waals surface area contributed by atoms with Crippen molar-refractivity contribution < 1.29 is 18.9 Å². The molecule has 0 amide bonds. The first kappa shape index (κ1) is 17.5. The Morgan fingerprint density at radius 3 is 2.00 bits per heavy atom. The normalized spacial score (nSPS) is 14.8. The van der Waals surface area contributed by atoms with Crippen molar-refractivity contribution in [3.05, 3.63) is 54.1 Å². The quantitative estimate of drug-likeness (QED) is 0.823. The first-order valence-electron chi connectivity index (χ1n) is 7.18. The van der Waals surface area contributed by atoms with E-state index in [0.717, 1.165) is 5.69 Å². The number of hydrogen-bond acceptors (Lipinski definition) is 5. The number of methoxy groups -OCH3 is 1. The molecule has 0 bridgehead atoms. The van der Waals surface area contributed by atoms with Gasteiger partial charge in [-0.25, -0.2) is 0 Å². The summed E-state index contributed by atoms with van der Waals surface area (Å²) in [6.07, 6.45) is 0. The van der Waals surface area contributed by atoms with Gasteiger partial charge in [0.05, 0.1) is 7.11 Å². The number of benzene rings is 2. The van der Waals surface area contributed by atoms with E-state index in [-0.39, 0.29) is 0 Å². The number of rotatable bonds is 6. The SMILES string of the molecule is COc1ccc(C(O)P(=O)(OC)c2ccc(N(C)C)cc2)cc1. The van der Waals surface area contributed by atoms with E-state index in [2.05, 4.69) is 0 Å². The molecule has 2 unspecified atom stereocenters. The highest BCUT2D eigenvalue weighted by atomic mass is 31.2. The minimum absolute atomic E-state index is 0.480. The largest absolute Gasteiger partial charge is 0.497 e. The average molecular weight is 335 g/mol. The van der Waals surface area contributed by atoms with Crippen LogP contribution in [0.5, 0.6) is 5.75 Å². The third kappa shape index (κ3) is 3.58. The van der Waals surface area contributed by atoms with Gasteiger partial charge in [0.1, 0.15) is 5.75 Å². The summed E-state index contributed by atoms with van der Waals surface area (Å²) in [6, 6.07) is 14.0. The lowest BCUT2D eigenvalue weighted by molar-refractivity contribution is 0.228. The molecule has 0 aromatic heterocycles. The van der Waals surface area contributed by atoms with Gasteiger partial charge in [0.25, 0.3) is 7.37 Å². The second kappa shape index (κ2) is 7.18. The fraction of sp³-hybridized carbons (Fsp3) is 0.294. The molecule has 1 N–H and O–H groups in total. The minimum Gasteiger partial charge on any atom is -0.497 e. The summed E-state index contributed by atoms with van der Waals surface area (Å²) in [7, 11) is 3.33. The van der Waals surface area contributed by atoms with Crippen LogP contribution in [-0.2, 0) is 9.09 Å². The lowest BCUT2D eigenvalue weighted by Crippen LogP contribution is -2.15. The number of ether oxygens (including phenoxy) is 1. The zero-order valence-corrected chi connectivity index (χ0v) is 14.7. The molecule has 2 aromatic carbocycles. The Labute approximate surface area is 136 Å². The Bertz CT molecular complexity index is 683. The van der Waals surface area contributed by atoms with Crippen LogP contribution >= 0.6 is 7.37 Å². The van der Waals surface area contributed by atoms with Gasteiger partial charge in [0.15, 0.2) is 5.85 Å². The second-order valence-corrected chi connectivity index (χ2v) is 7.90. The van der Waals surface area contributed by atoms with E-state index in [9.17, 15) is 9.67 Å². The molecule has 2 rings (SSSR count). The van der Waals surface area contributed by atoms with Gasteiger partial charge in [-0.3, -0.25) is 4.57 Å². The van der Waals surface area contributed by atoms with E-state index in [4.69, 9.17) is 9.26 Å². The third-order valence-corrected chi connectivity index (χ3v) is 6.24. The topological polar surface area (TPSA) is 59.0 Å². The van der Waals surface area contributed by atoms with E-state index in [1.54, 1.807) is 43.5 Å². The zero-order chi connectivity index (χ0) is 17.0. The molecule has 6 heteroatoms. The van der Waals surface area contributed by atoms with E-state index in [1.165, 1.54) is 7.11 Å². The van der Waals surface area contributed by atoms with Crippen molar-refractivity contribution in [1.82, 2.24) is 0 Å². The molecule has 0 spiro atoms. The van der Waals surface area contributed by atoms with Crippen molar-refractivity contribution in [3.8, 4) is 5.75 Å². The van der Waals surface area contributed by atoms with Gasteiger partial charge in [-0.1, -0.05) is 12.1 Å². The van der Waals surface area contributed by atoms with Crippen LogP contribution in [0.3, 0.4) is 0 Å². The Balaban J connectivity index is 2.36. The zero-order valence-electron chi connectivity index (χ0n) is 13.8. The van der Waals surface area contributed by atoms with E-state index >= 15 is 0 Å². The highest BCUT2D eigenvalue weighted by molar-refractivity contribution is 7.67. The van der Waals surface area contributed by atoms with Gasteiger partial charge in [0, 0.05) is 32.2 Å². The molecule has 0 saturated heterocycles. The summed E-state index contributed by atoms with van der Waals surface area (Å²) in [5.74, 6) is -0.563. The van der Waals surface area contributed by atoms with Crippen molar-refractivity contribution in [1.29, 1.82) is 0 Å². The van der Waals surface area contributed by atoms with Gasteiger partial charge in [-0.15, -0.1) is 0 Å². The lowest BCUT2D eigenvalue weighted by Gasteiger charge is -2.23. The molecule has 2 atom stereocenters. The molecular formula is C17H22NO4P. The van der Waals surface area contributed by atoms with Crippen molar-refractivity contribution in [2.24, 2.45) is 0 Å². The Kier molecular flexibility index (Phi) is 5.47. The average Bonchev–Trinajstić information content (AvgIpc) is 2.60. The third-order valence-electron chi connectivity index (χ3n) is 3.73. The number of nitrogens with zero attached hydrogens (tertiary/aromatic N) is 1. The van der Waals surface area contributed by atoms with E-state index in [0.29, 0.717) is 16.6 Å². The van der Waals surface area contributed by atoms with Crippen molar-refractivity contribution >= 4 is 18.4 Å². The van der Waals surface area contributed by atoms with Gasteiger partial charge in [-0.2, -0.15) is 0 Å². The molecule has 0 radical (unpaired) electrons. The van der Waals surface area contributed by atoms with Crippen LogP contribution in [0.15, 0.2) is 48.5 Å². The molecule has 0 fully saturated rings.